The van der Waals surface area contributed by atoms with Crippen molar-refractivity contribution in [1.29, 1.82) is 0 Å². The second kappa shape index (κ2) is 15.0. The van der Waals surface area contributed by atoms with E-state index in [-0.39, 0.29) is 40.7 Å². The smallest absolute Gasteiger partial charge is 0.321 e. The highest BCUT2D eigenvalue weighted by molar-refractivity contribution is 6.31. The molecule has 5 rings (SSSR count). The number of nitrogens with two attached hydrogens (primary N) is 1. The topological polar surface area (TPSA) is 174 Å². The molecule has 2 heterocycles. The highest BCUT2D eigenvalue weighted by Crippen LogP contribution is 2.28. The molecule has 0 unspecified atom stereocenters. The molecule has 0 aliphatic carbocycles. The lowest BCUT2D eigenvalue weighted by Gasteiger charge is -2.18. The first-order valence-electron chi connectivity index (χ1n) is 16.3. The molecule has 0 spiro atoms. The van der Waals surface area contributed by atoms with Crippen molar-refractivity contribution in [2.45, 2.75) is 53.2 Å². The lowest BCUT2D eigenvalue weighted by atomic mass is 9.92. The Morgan fingerprint density at radius 1 is 0.981 bits per heavy atom. The number of aromatic hydroxyl groups is 1. The average Bonchev–Trinajstić information content (AvgIpc) is 3.53. The van der Waals surface area contributed by atoms with Crippen LogP contribution in [-0.4, -0.2) is 49.4 Å². The van der Waals surface area contributed by atoms with Gasteiger partial charge in [-0.05, 0) is 66.9 Å². The second-order valence-electron chi connectivity index (χ2n) is 13.3. The van der Waals surface area contributed by atoms with Crippen molar-refractivity contribution in [2.75, 3.05) is 12.4 Å². The number of urea groups is 2. The fourth-order valence-electron chi connectivity index (χ4n) is 5.35. The third-order valence-electron chi connectivity index (χ3n) is 8.39. The number of nitrogens with zero attached hydrogens (tertiary/aromatic N) is 4. The quantitative estimate of drug-likeness (QED) is 0.137. The number of imide groups is 1. The number of phenolic OH excluding ortho intramolecular Hbond substituents is 1. The molecule has 0 aliphatic rings. The Morgan fingerprint density at radius 2 is 1.65 bits per heavy atom. The van der Waals surface area contributed by atoms with Crippen LogP contribution in [-0.2, 0) is 18.6 Å². The van der Waals surface area contributed by atoms with Crippen molar-refractivity contribution >= 4 is 35.4 Å². The van der Waals surface area contributed by atoms with Gasteiger partial charge in [0.2, 0.25) is 0 Å². The first-order chi connectivity index (χ1) is 24.5. The van der Waals surface area contributed by atoms with Crippen molar-refractivity contribution in [3.8, 4) is 22.9 Å². The van der Waals surface area contributed by atoms with Crippen molar-refractivity contribution in [2.24, 2.45) is 5.73 Å². The molecule has 0 radical (unpaired) electrons. The third kappa shape index (κ3) is 8.10. The van der Waals surface area contributed by atoms with Crippen LogP contribution in [0.2, 0.25) is 5.02 Å². The molecule has 0 aliphatic heterocycles. The number of carbonyl (C=O) groups is 3. The zero-order chi connectivity index (χ0) is 37.9. The van der Waals surface area contributed by atoms with Gasteiger partial charge in [-0.2, -0.15) is 5.10 Å². The summed E-state index contributed by atoms with van der Waals surface area (Å²) in [5, 5.41) is 20.1. The summed E-state index contributed by atoms with van der Waals surface area (Å²) in [7, 11) is 1.27. The molecule has 5 aromatic rings. The second-order valence-corrected chi connectivity index (χ2v) is 13.6. The summed E-state index contributed by atoms with van der Waals surface area (Å²) in [6, 6.07) is 20.7. The number of carbonyl (C=O) groups excluding carboxylic acids is 3. The highest BCUT2D eigenvalue weighted by Gasteiger charge is 2.23. The molecule has 0 atom stereocenters. The molecule has 270 valence electrons. The van der Waals surface area contributed by atoms with Gasteiger partial charge < -0.3 is 20.9 Å². The maximum absolute atomic E-state index is 13.6. The fourth-order valence-corrected chi connectivity index (χ4v) is 5.55. The van der Waals surface area contributed by atoms with Crippen LogP contribution in [0.4, 0.5) is 15.4 Å². The Hall–Kier alpha value is -6.08. The van der Waals surface area contributed by atoms with Crippen LogP contribution >= 0.6 is 11.6 Å². The van der Waals surface area contributed by atoms with E-state index in [9.17, 15) is 24.3 Å². The van der Waals surface area contributed by atoms with E-state index < -0.39 is 23.5 Å². The van der Waals surface area contributed by atoms with Gasteiger partial charge in [-0.1, -0.05) is 62.7 Å². The molecule has 0 saturated heterocycles. The Labute approximate surface area is 305 Å². The number of benzene rings is 3. The first kappa shape index (κ1) is 37.2. The molecule has 52 heavy (non-hydrogen) atoms. The number of hydrogen-bond acceptors (Lipinski definition) is 7. The average molecular weight is 726 g/mol. The number of halogens is 1. The number of amides is 5. The zero-order valence-electron chi connectivity index (χ0n) is 29.7. The molecule has 2 aromatic heterocycles. The van der Waals surface area contributed by atoms with Crippen molar-refractivity contribution in [1.82, 2.24) is 24.6 Å². The molecule has 3 aromatic carbocycles. The number of primary amides is 1. The normalized spacial score (nSPS) is 11.2. The molecular formula is C38H40ClN7O6. The predicted octanol–water partition coefficient (Wildman–Crippen LogP) is 6.35. The van der Waals surface area contributed by atoms with E-state index in [1.165, 1.54) is 17.7 Å². The van der Waals surface area contributed by atoms with E-state index >= 15 is 0 Å². The van der Waals surface area contributed by atoms with Crippen LogP contribution < -0.4 is 26.7 Å². The number of ether oxygens (including phenoxy) is 1. The number of phenols is 1. The number of pyridine rings is 1. The van der Waals surface area contributed by atoms with Crippen molar-refractivity contribution in [3.63, 3.8) is 0 Å². The number of aryl methyl sites for hydroxylation is 2. The van der Waals surface area contributed by atoms with Gasteiger partial charge in [-0.3, -0.25) is 24.4 Å². The van der Waals surface area contributed by atoms with Crippen molar-refractivity contribution in [3.05, 3.63) is 128 Å². The van der Waals surface area contributed by atoms with E-state index in [1.54, 1.807) is 61.0 Å². The maximum atomic E-state index is 13.6. The van der Waals surface area contributed by atoms with E-state index in [4.69, 9.17) is 27.2 Å². The van der Waals surface area contributed by atoms with Crippen LogP contribution in [0, 0.1) is 13.8 Å². The predicted molar refractivity (Wildman–Crippen MR) is 199 cm³/mol. The monoisotopic (exact) mass is 725 g/mol. The molecule has 0 fully saturated rings. The number of hydrogen-bond donors (Lipinski definition) is 4. The van der Waals surface area contributed by atoms with Gasteiger partial charge in [0.05, 0.1) is 17.1 Å². The molecule has 5 N–H and O–H groups in total. The highest BCUT2D eigenvalue weighted by atomic mass is 35.5. The summed E-state index contributed by atoms with van der Waals surface area (Å²) in [5.41, 5.74) is 9.16. The summed E-state index contributed by atoms with van der Waals surface area (Å²) in [6.45, 7) is 9.78. The summed E-state index contributed by atoms with van der Waals surface area (Å²) in [4.78, 5) is 51.8. The van der Waals surface area contributed by atoms with Gasteiger partial charge in [0.15, 0.2) is 0 Å². The zero-order valence-corrected chi connectivity index (χ0v) is 30.4. The van der Waals surface area contributed by atoms with E-state index in [2.05, 4.69) is 10.6 Å². The SMILES string of the molecule is Cc1ccc(C(=O)N(C)C(N)=O)cc1-n1c(C)cc(OCc2ccccc2CNC(=O)Nc2cc(C(C)(C)C)nn2-c2ccc(O)cc2)c(Cl)c1=O. The summed E-state index contributed by atoms with van der Waals surface area (Å²) in [5.74, 6) is 0.116. The Kier molecular flexibility index (Phi) is 10.7. The Morgan fingerprint density at radius 3 is 2.31 bits per heavy atom. The largest absolute Gasteiger partial charge is 0.508 e. The summed E-state index contributed by atoms with van der Waals surface area (Å²) >= 11 is 6.57. The van der Waals surface area contributed by atoms with Gasteiger partial charge in [-0.15, -0.1) is 0 Å². The summed E-state index contributed by atoms with van der Waals surface area (Å²) < 4.78 is 9.05. The Balaban J connectivity index is 1.31. The van der Waals surface area contributed by atoms with Crippen LogP contribution in [0.25, 0.3) is 11.4 Å². The van der Waals surface area contributed by atoms with Gasteiger partial charge in [0, 0.05) is 42.4 Å². The molecule has 0 bridgehead atoms. The molecule has 0 saturated carbocycles. The number of anilines is 1. The lowest BCUT2D eigenvalue weighted by Crippen LogP contribution is -2.37. The van der Waals surface area contributed by atoms with Gasteiger partial charge in [-0.25, -0.2) is 14.3 Å². The van der Waals surface area contributed by atoms with E-state index in [1.807, 2.05) is 51.1 Å². The first-order valence-corrected chi connectivity index (χ1v) is 16.7. The van der Waals surface area contributed by atoms with Crippen molar-refractivity contribution < 1.29 is 24.2 Å². The van der Waals surface area contributed by atoms with E-state index in [0.717, 1.165) is 21.7 Å². The van der Waals surface area contributed by atoms with Crippen LogP contribution in [0.3, 0.4) is 0 Å². The standard InChI is InChI=1S/C38H40ClN7O6/c1-22-11-12-24(34(48)44(6)36(40)50)18-29(22)45-23(2)17-30(33(39)35(45)49)52-21-26-10-8-7-9-25(26)20-41-37(51)42-32-19-31(38(3,4)5)43-46(32)27-13-15-28(47)16-14-27/h7-19,47H,20-21H2,1-6H3,(H2,40,50)(H2,41,42,51). The van der Waals surface area contributed by atoms with E-state index in [0.29, 0.717) is 28.5 Å². The van der Waals surface area contributed by atoms with Crippen LogP contribution in [0.1, 0.15) is 59.2 Å². The lowest BCUT2D eigenvalue weighted by molar-refractivity contribution is 0.0838. The third-order valence-corrected chi connectivity index (χ3v) is 8.73. The number of rotatable bonds is 9. The number of aromatic nitrogens is 3. The van der Waals surface area contributed by atoms with Gasteiger partial charge in [0.25, 0.3) is 11.5 Å². The fraction of sp³-hybridized carbons (Fsp3) is 0.237. The molecule has 13 nitrogen and oxygen atoms in total. The minimum atomic E-state index is -0.907. The van der Waals surface area contributed by atoms with Gasteiger partial charge in [0.1, 0.15) is 28.9 Å². The molecule has 5 amide bonds. The van der Waals surface area contributed by atoms with Crippen LogP contribution in [0.5, 0.6) is 11.5 Å². The maximum Gasteiger partial charge on any atom is 0.321 e. The summed E-state index contributed by atoms with van der Waals surface area (Å²) in [6.07, 6.45) is 0. The molecule has 14 heteroatoms. The molecular weight excluding hydrogens is 686 g/mol. The minimum Gasteiger partial charge on any atom is -0.508 e. The van der Waals surface area contributed by atoms with Crippen LogP contribution in [0.15, 0.2) is 83.7 Å². The minimum absolute atomic E-state index is 0.0487. The van der Waals surface area contributed by atoms with Gasteiger partial charge >= 0.3 is 12.1 Å². The Bertz CT molecular complexity index is 2220. The number of nitrogens with one attached hydrogen (secondary N) is 2.